The summed E-state index contributed by atoms with van der Waals surface area (Å²) in [4.78, 5) is 33.3. The number of carboxylic acids is 1. The Morgan fingerprint density at radius 2 is 1.77 bits per heavy atom. The van der Waals surface area contributed by atoms with Crippen molar-refractivity contribution in [2.24, 2.45) is 0 Å². The van der Waals surface area contributed by atoms with E-state index < -0.39 is 18.2 Å². The smallest absolute Gasteiger partial charge is 0.407 e. The molecule has 0 radical (unpaired) electrons. The molecule has 0 aromatic carbocycles. The predicted octanol–water partition coefficient (Wildman–Crippen LogP) is 1.20. The molecular weight excluding hydrogens is 312 g/mol. The molecule has 0 aromatic heterocycles. The maximum Gasteiger partial charge on any atom is 0.407 e. The fraction of sp³-hybridized carbons (Fsp3) is 0.769. The zero-order valence-corrected chi connectivity index (χ0v) is 13.5. The average Bonchev–Trinajstić information content (AvgIpc) is 2.85. The van der Waals surface area contributed by atoms with Crippen molar-refractivity contribution in [3.05, 3.63) is 0 Å². The molecule has 0 aromatic rings. The van der Waals surface area contributed by atoms with E-state index in [1.54, 1.807) is 11.8 Å². The summed E-state index contributed by atoms with van der Waals surface area (Å²) in [7, 11) is 2.56. The summed E-state index contributed by atoms with van der Waals surface area (Å²) in [6.45, 7) is 0. The normalized spacial score (nSPS) is 23.6. The highest BCUT2D eigenvalue weighted by Gasteiger charge is 2.38. The highest BCUT2D eigenvalue weighted by Crippen LogP contribution is 2.31. The molecule has 0 unspecified atom stereocenters. The number of methoxy groups -OCH3 is 2. The lowest BCUT2D eigenvalue weighted by atomic mass is 10.0. The molecule has 3 N–H and O–H groups in total. The molecule has 126 valence electrons. The minimum atomic E-state index is -0.812. The number of rotatable bonds is 7. The molecule has 2 amide bonds. The topological polar surface area (TPSA) is 114 Å². The van der Waals surface area contributed by atoms with Gasteiger partial charge in [0.15, 0.2) is 0 Å². The summed E-state index contributed by atoms with van der Waals surface area (Å²) in [6.07, 6.45) is 1.12. The Balaban J connectivity index is 2.55. The summed E-state index contributed by atoms with van der Waals surface area (Å²) in [5, 5.41) is 14.2. The van der Waals surface area contributed by atoms with Crippen molar-refractivity contribution in [3.8, 4) is 0 Å². The lowest BCUT2D eigenvalue weighted by Crippen LogP contribution is -2.53. The second-order valence-corrected chi connectivity index (χ2v) is 6.19. The number of carboxylic acid groups (broad SMARTS) is 1. The molecule has 0 bridgehead atoms. The highest BCUT2D eigenvalue weighted by molar-refractivity contribution is 8.00. The Hall–Kier alpha value is -1.64. The van der Waals surface area contributed by atoms with E-state index in [2.05, 4.69) is 20.1 Å². The predicted molar refractivity (Wildman–Crippen MR) is 81.0 cm³/mol. The van der Waals surface area contributed by atoms with Crippen LogP contribution in [0.2, 0.25) is 0 Å². The van der Waals surface area contributed by atoms with E-state index in [1.807, 2.05) is 0 Å². The summed E-state index contributed by atoms with van der Waals surface area (Å²) >= 11 is 1.63. The fourth-order valence-corrected chi connectivity index (χ4v) is 3.85. The van der Waals surface area contributed by atoms with Crippen molar-refractivity contribution in [2.45, 2.75) is 43.0 Å². The molecule has 22 heavy (non-hydrogen) atoms. The standard InChI is InChI=1S/C13H22N2O6S/c1-20-12(18)14-8-7-22-9(5-3-4-6-10(16)17)11(8)15-13(19)21-2/h8-9,11H,3-7H2,1-2H3,(H,14,18)(H,15,19)(H,16,17)/t8-,9-,11-/m0/s1. The SMILES string of the molecule is COC(=O)N[C@H]1[C@@H](NC(=O)OC)CS[C@H]1CCCCC(=O)O. The molecule has 1 aliphatic heterocycles. The van der Waals surface area contributed by atoms with E-state index in [-0.39, 0.29) is 23.8 Å². The van der Waals surface area contributed by atoms with Crippen LogP contribution in [-0.2, 0) is 14.3 Å². The van der Waals surface area contributed by atoms with Crippen LogP contribution in [0.1, 0.15) is 25.7 Å². The molecule has 8 nitrogen and oxygen atoms in total. The number of carbonyl (C=O) groups excluding carboxylic acids is 2. The van der Waals surface area contributed by atoms with Crippen LogP contribution in [0.5, 0.6) is 0 Å². The number of ether oxygens (including phenoxy) is 2. The minimum Gasteiger partial charge on any atom is -0.481 e. The number of aliphatic carboxylic acids is 1. The van der Waals surface area contributed by atoms with Gasteiger partial charge in [0.1, 0.15) is 0 Å². The van der Waals surface area contributed by atoms with Crippen LogP contribution in [0.15, 0.2) is 0 Å². The first-order valence-corrected chi connectivity index (χ1v) is 8.05. The summed E-state index contributed by atoms with van der Waals surface area (Å²) in [5.74, 6) is -0.165. The second kappa shape index (κ2) is 9.39. The molecule has 0 aliphatic carbocycles. The number of hydrogen-bond acceptors (Lipinski definition) is 6. The maximum absolute atomic E-state index is 11.5. The first kappa shape index (κ1) is 18.4. The fourth-order valence-electron chi connectivity index (χ4n) is 2.31. The Labute approximate surface area is 133 Å². The molecule has 0 saturated carbocycles. The monoisotopic (exact) mass is 334 g/mol. The van der Waals surface area contributed by atoms with Crippen LogP contribution in [0.4, 0.5) is 9.59 Å². The maximum atomic E-state index is 11.5. The molecule has 1 rings (SSSR count). The molecule has 1 saturated heterocycles. The average molecular weight is 334 g/mol. The van der Waals surface area contributed by atoms with Gasteiger partial charge in [-0.2, -0.15) is 11.8 Å². The zero-order chi connectivity index (χ0) is 16.5. The number of alkyl carbamates (subject to hydrolysis) is 2. The Morgan fingerprint density at radius 1 is 1.14 bits per heavy atom. The second-order valence-electron chi connectivity index (χ2n) is 4.92. The van der Waals surface area contributed by atoms with Gasteiger partial charge in [-0.3, -0.25) is 4.79 Å². The number of carbonyl (C=O) groups is 3. The summed E-state index contributed by atoms with van der Waals surface area (Å²) < 4.78 is 9.20. The quantitative estimate of drug-likeness (QED) is 0.599. The molecular formula is C13H22N2O6S. The summed E-state index contributed by atoms with van der Waals surface area (Å²) in [5.41, 5.74) is 0. The number of thioether (sulfide) groups is 1. The third kappa shape index (κ3) is 6.00. The molecule has 3 atom stereocenters. The number of nitrogens with one attached hydrogen (secondary N) is 2. The van der Waals surface area contributed by atoms with Crippen molar-refractivity contribution in [1.82, 2.24) is 10.6 Å². The highest BCUT2D eigenvalue weighted by atomic mass is 32.2. The molecule has 1 heterocycles. The molecule has 9 heteroatoms. The first-order valence-electron chi connectivity index (χ1n) is 7.00. The van der Waals surface area contributed by atoms with Crippen LogP contribution >= 0.6 is 11.8 Å². The van der Waals surface area contributed by atoms with E-state index in [1.165, 1.54) is 14.2 Å². The van der Waals surface area contributed by atoms with Gasteiger partial charge in [0.2, 0.25) is 0 Å². The van der Waals surface area contributed by atoms with Crippen LogP contribution in [0.3, 0.4) is 0 Å². The van der Waals surface area contributed by atoms with Gasteiger partial charge in [-0.05, 0) is 12.8 Å². The van der Waals surface area contributed by atoms with Gasteiger partial charge in [-0.1, -0.05) is 6.42 Å². The summed E-state index contributed by atoms with van der Waals surface area (Å²) in [6, 6.07) is -0.526. The van der Waals surface area contributed by atoms with Crippen molar-refractivity contribution >= 4 is 29.9 Å². The number of unbranched alkanes of at least 4 members (excludes halogenated alkanes) is 1. The molecule has 1 fully saturated rings. The van der Waals surface area contributed by atoms with Crippen LogP contribution < -0.4 is 10.6 Å². The van der Waals surface area contributed by atoms with Crippen LogP contribution in [0.25, 0.3) is 0 Å². The Morgan fingerprint density at radius 3 is 2.36 bits per heavy atom. The largest absolute Gasteiger partial charge is 0.481 e. The third-order valence-corrected chi connectivity index (χ3v) is 4.92. The molecule has 1 aliphatic rings. The van der Waals surface area contributed by atoms with E-state index in [0.29, 0.717) is 12.2 Å². The zero-order valence-electron chi connectivity index (χ0n) is 12.7. The Kier molecular flexibility index (Phi) is 7.86. The van der Waals surface area contributed by atoms with Crippen LogP contribution in [0, 0.1) is 0 Å². The van der Waals surface area contributed by atoms with E-state index in [9.17, 15) is 14.4 Å². The van der Waals surface area contributed by atoms with Crippen molar-refractivity contribution in [1.29, 1.82) is 0 Å². The van der Waals surface area contributed by atoms with Gasteiger partial charge < -0.3 is 25.2 Å². The lowest BCUT2D eigenvalue weighted by molar-refractivity contribution is -0.137. The molecule has 0 spiro atoms. The number of amides is 2. The van der Waals surface area contributed by atoms with Crippen molar-refractivity contribution in [3.63, 3.8) is 0 Å². The van der Waals surface area contributed by atoms with Gasteiger partial charge in [0, 0.05) is 17.4 Å². The van der Waals surface area contributed by atoms with Gasteiger partial charge in [-0.15, -0.1) is 0 Å². The van der Waals surface area contributed by atoms with Gasteiger partial charge in [0.25, 0.3) is 0 Å². The van der Waals surface area contributed by atoms with E-state index in [0.717, 1.165) is 12.8 Å². The van der Waals surface area contributed by atoms with E-state index >= 15 is 0 Å². The minimum absolute atomic E-state index is 0.0926. The van der Waals surface area contributed by atoms with Gasteiger partial charge in [-0.25, -0.2) is 9.59 Å². The lowest BCUT2D eigenvalue weighted by Gasteiger charge is -2.24. The van der Waals surface area contributed by atoms with Crippen molar-refractivity contribution in [2.75, 3.05) is 20.0 Å². The van der Waals surface area contributed by atoms with Gasteiger partial charge >= 0.3 is 18.2 Å². The number of hydrogen-bond donors (Lipinski definition) is 3. The first-order chi connectivity index (χ1) is 10.5. The van der Waals surface area contributed by atoms with Crippen molar-refractivity contribution < 1.29 is 29.0 Å². The van der Waals surface area contributed by atoms with Gasteiger partial charge in [0.05, 0.1) is 26.3 Å². The van der Waals surface area contributed by atoms with E-state index in [4.69, 9.17) is 5.11 Å². The van der Waals surface area contributed by atoms with Crippen LogP contribution in [-0.4, -0.2) is 60.6 Å². The third-order valence-electron chi connectivity index (χ3n) is 3.41. The Bertz CT molecular complexity index is 406.